The van der Waals surface area contributed by atoms with Crippen molar-refractivity contribution in [1.29, 1.82) is 0 Å². The number of nitrogens with zero attached hydrogens (tertiary/aromatic N) is 2. The number of rotatable bonds is 9. The Labute approximate surface area is 243 Å². The molecule has 4 rings (SSSR count). The molecule has 0 radical (unpaired) electrons. The molecule has 2 heterocycles. The average Bonchev–Trinajstić information content (AvgIpc) is 3.24. The molecule has 2 fully saturated rings. The number of amides is 1. The van der Waals surface area contributed by atoms with Crippen molar-refractivity contribution in [3.8, 4) is 11.5 Å². The maximum absolute atomic E-state index is 13.3. The molecule has 226 valence electrons. The van der Waals surface area contributed by atoms with Crippen LogP contribution in [-0.2, 0) is 23.9 Å². The van der Waals surface area contributed by atoms with Gasteiger partial charge in [-0.25, -0.2) is 9.59 Å². The zero-order valence-electron chi connectivity index (χ0n) is 23.9. The number of Topliss-reactive ketones (excluding diaryl/α,β-unsaturated/α-hetero) is 1. The van der Waals surface area contributed by atoms with Gasteiger partial charge in [0.25, 0.3) is 11.7 Å². The topological polar surface area (TPSA) is 163 Å². The molecule has 2 aromatic carbocycles. The molecule has 0 aromatic heterocycles. The standard InChI is InChI=1S/C28H34N2O6.C2H2O4/c1-4-36-23-11-8-21(18-19(23)2)26(31)24-25(20-6-9-22(34-3)10-7-20)30(28(33)27(24)32)13-5-12-29-14-16-35-17-15-29;3-1(4)2(5)6/h6-11,18,25,31H,4-5,12-17H2,1-3H3;(H,3,4)(H,5,6)/b26-24-;. The number of aryl methyl sites for hydroxylation is 1. The summed E-state index contributed by atoms with van der Waals surface area (Å²) in [7, 11) is 1.58. The highest BCUT2D eigenvalue weighted by molar-refractivity contribution is 6.46. The summed E-state index contributed by atoms with van der Waals surface area (Å²) in [5.74, 6) is -3.72. The molecule has 2 aliphatic heterocycles. The minimum atomic E-state index is -1.82. The van der Waals surface area contributed by atoms with Crippen molar-refractivity contribution in [2.45, 2.75) is 26.3 Å². The zero-order chi connectivity index (χ0) is 30.8. The van der Waals surface area contributed by atoms with Crippen LogP contribution in [0.4, 0.5) is 0 Å². The van der Waals surface area contributed by atoms with Gasteiger partial charge in [0, 0.05) is 31.7 Å². The summed E-state index contributed by atoms with van der Waals surface area (Å²) >= 11 is 0. The van der Waals surface area contributed by atoms with Gasteiger partial charge in [0.1, 0.15) is 17.3 Å². The number of hydrogen-bond acceptors (Lipinski definition) is 9. The van der Waals surface area contributed by atoms with Gasteiger partial charge in [0.05, 0.1) is 38.5 Å². The molecule has 1 unspecified atom stereocenters. The number of methoxy groups -OCH3 is 1. The van der Waals surface area contributed by atoms with Gasteiger partial charge in [-0.05, 0) is 61.7 Å². The quantitative estimate of drug-likeness (QED) is 0.226. The second kappa shape index (κ2) is 15.0. The molecule has 2 saturated heterocycles. The maximum atomic E-state index is 13.3. The minimum Gasteiger partial charge on any atom is -0.507 e. The normalized spacial score (nSPS) is 18.3. The number of morpholine rings is 1. The SMILES string of the molecule is CCOc1ccc(/C(O)=C2/C(=O)C(=O)N(CCCN3CCOCC3)C2c2ccc(OC)cc2)cc1C.O=C(O)C(=O)O. The molecule has 2 aromatic rings. The number of hydrogen-bond donors (Lipinski definition) is 3. The molecule has 0 spiro atoms. The summed E-state index contributed by atoms with van der Waals surface area (Å²) in [6.45, 7) is 8.65. The van der Waals surface area contributed by atoms with Gasteiger partial charge in [0.15, 0.2) is 0 Å². The summed E-state index contributed by atoms with van der Waals surface area (Å²) in [6, 6.07) is 11.8. The number of ketones is 1. The second-order valence-corrected chi connectivity index (χ2v) is 9.60. The Kier molecular flexibility index (Phi) is 11.5. The van der Waals surface area contributed by atoms with Gasteiger partial charge in [-0.1, -0.05) is 12.1 Å². The van der Waals surface area contributed by atoms with Crippen LogP contribution in [0.1, 0.15) is 36.1 Å². The van der Waals surface area contributed by atoms with E-state index < -0.39 is 29.7 Å². The van der Waals surface area contributed by atoms with Crippen LogP contribution in [0.15, 0.2) is 48.0 Å². The lowest BCUT2D eigenvalue weighted by atomic mass is 9.94. The molecule has 2 aliphatic rings. The van der Waals surface area contributed by atoms with Crippen LogP contribution in [0.5, 0.6) is 11.5 Å². The summed E-state index contributed by atoms with van der Waals surface area (Å²) in [6.07, 6.45) is 0.710. The lowest BCUT2D eigenvalue weighted by Gasteiger charge is -2.29. The first-order valence-corrected chi connectivity index (χ1v) is 13.5. The molecule has 0 aliphatic carbocycles. The Bertz CT molecular complexity index is 1300. The zero-order valence-corrected chi connectivity index (χ0v) is 23.9. The number of aliphatic carboxylic acids is 2. The van der Waals surface area contributed by atoms with E-state index in [0.717, 1.165) is 30.8 Å². The first kappa shape index (κ1) is 32.1. The minimum absolute atomic E-state index is 0.0973. The fraction of sp³-hybridized carbons (Fsp3) is 0.400. The summed E-state index contributed by atoms with van der Waals surface area (Å²) in [5, 5.41) is 26.1. The third-order valence-electron chi connectivity index (χ3n) is 6.88. The van der Waals surface area contributed by atoms with Crippen molar-refractivity contribution in [2.75, 3.05) is 53.1 Å². The number of carboxylic acids is 2. The van der Waals surface area contributed by atoms with E-state index in [4.69, 9.17) is 34.0 Å². The van der Waals surface area contributed by atoms with Gasteiger partial charge < -0.3 is 34.4 Å². The van der Waals surface area contributed by atoms with Crippen molar-refractivity contribution in [1.82, 2.24) is 9.80 Å². The second-order valence-electron chi connectivity index (χ2n) is 9.60. The number of carbonyl (C=O) groups excluding carboxylic acids is 2. The van der Waals surface area contributed by atoms with Crippen LogP contribution in [0, 0.1) is 6.92 Å². The summed E-state index contributed by atoms with van der Waals surface area (Å²) < 4.78 is 16.3. The van der Waals surface area contributed by atoms with E-state index >= 15 is 0 Å². The van der Waals surface area contributed by atoms with Crippen molar-refractivity contribution in [2.24, 2.45) is 0 Å². The highest BCUT2D eigenvalue weighted by Gasteiger charge is 2.45. The van der Waals surface area contributed by atoms with Crippen LogP contribution in [-0.4, -0.2) is 102 Å². The molecule has 42 heavy (non-hydrogen) atoms. The van der Waals surface area contributed by atoms with Crippen LogP contribution in [0.2, 0.25) is 0 Å². The van der Waals surface area contributed by atoms with Crippen LogP contribution in [0.25, 0.3) is 5.76 Å². The average molecular weight is 585 g/mol. The first-order chi connectivity index (χ1) is 20.1. The Morgan fingerprint density at radius 1 is 0.976 bits per heavy atom. The number of likely N-dealkylation sites (tertiary alicyclic amines) is 1. The van der Waals surface area contributed by atoms with Gasteiger partial charge in [0.2, 0.25) is 0 Å². The third kappa shape index (κ3) is 7.86. The predicted octanol–water partition coefficient (Wildman–Crippen LogP) is 2.70. The van der Waals surface area contributed by atoms with Gasteiger partial charge in [-0.2, -0.15) is 0 Å². The largest absolute Gasteiger partial charge is 0.507 e. The maximum Gasteiger partial charge on any atom is 0.414 e. The Morgan fingerprint density at radius 3 is 2.17 bits per heavy atom. The van der Waals surface area contributed by atoms with E-state index in [-0.39, 0.29) is 11.3 Å². The first-order valence-electron chi connectivity index (χ1n) is 13.5. The fourth-order valence-corrected chi connectivity index (χ4v) is 4.80. The third-order valence-corrected chi connectivity index (χ3v) is 6.88. The van der Waals surface area contributed by atoms with Gasteiger partial charge in [-0.3, -0.25) is 14.5 Å². The van der Waals surface area contributed by atoms with Crippen molar-refractivity contribution < 1.29 is 48.7 Å². The van der Waals surface area contributed by atoms with Crippen LogP contribution in [0.3, 0.4) is 0 Å². The summed E-state index contributed by atoms with van der Waals surface area (Å²) in [5.41, 5.74) is 2.15. The molecule has 1 atom stereocenters. The van der Waals surface area contributed by atoms with E-state index in [9.17, 15) is 14.7 Å². The molecule has 12 nitrogen and oxygen atoms in total. The number of benzene rings is 2. The van der Waals surface area contributed by atoms with Crippen molar-refractivity contribution >= 4 is 29.4 Å². The lowest BCUT2D eigenvalue weighted by Crippen LogP contribution is -2.38. The van der Waals surface area contributed by atoms with Gasteiger partial charge >= 0.3 is 11.9 Å². The number of aliphatic hydroxyl groups is 1. The van der Waals surface area contributed by atoms with Crippen molar-refractivity contribution in [3.05, 3.63) is 64.7 Å². The lowest BCUT2D eigenvalue weighted by molar-refractivity contribution is -0.159. The number of aliphatic hydroxyl groups excluding tert-OH is 1. The van der Waals surface area contributed by atoms with E-state index in [1.54, 1.807) is 42.3 Å². The van der Waals surface area contributed by atoms with E-state index in [1.165, 1.54) is 0 Å². The molecule has 3 N–H and O–H groups in total. The smallest absolute Gasteiger partial charge is 0.414 e. The Hall–Kier alpha value is -4.42. The molecule has 12 heteroatoms. The number of carboxylic acid groups (broad SMARTS) is 2. The van der Waals surface area contributed by atoms with E-state index in [0.29, 0.717) is 49.8 Å². The molecule has 1 amide bonds. The van der Waals surface area contributed by atoms with Crippen LogP contribution < -0.4 is 9.47 Å². The summed E-state index contributed by atoms with van der Waals surface area (Å²) in [4.78, 5) is 48.5. The molecule has 0 bridgehead atoms. The monoisotopic (exact) mass is 584 g/mol. The number of carbonyl (C=O) groups is 4. The Morgan fingerprint density at radius 2 is 1.62 bits per heavy atom. The molecular formula is C30H36N2O10. The number of ether oxygens (including phenoxy) is 3. The van der Waals surface area contributed by atoms with Crippen LogP contribution >= 0.6 is 0 Å². The molecule has 0 saturated carbocycles. The highest BCUT2D eigenvalue weighted by Crippen LogP contribution is 2.40. The van der Waals surface area contributed by atoms with Gasteiger partial charge in [-0.15, -0.1) is 0 Å². The highest BCUT2D eigenvalue weighted by atomic mass is 16.5. The fourth-order valence-electron chi connectivity index (χ4n) is 4.80. The van der Waals surface area contributed by atoms with Crippen molar-refractivity contribution in [3.63, 3.8) is 0 Å². The van der Waals surface area contributed by atoms with E-state index in [1.807, 2.05) is 26.0 Å². The molecular weight excluding hydrogens is 548 g/mol. The predicted molar refractivity (Wildman–Crippen MR) is 151 cm³/mol. The Balaban J connectivity index is 0.000000730. The van der Waals surface area contributed by atoms with E-state index in [2.05, 4.69) is 4.90 Å².